The molecule has 0 aliphatic heterocycles. The molecule has 0 fully saturated rings. The van der Waals surface area contributed by atoms with E-state index in [-0.39, 0.29) is 0 Å². The summed E-state index contributed by atoms with van der Waals surface area (Å²) in [5, 5.41) is 14.6. The maximum Gasteiger partial charge on any atom is 0.147 e. The number of hydrogen-bond acceptors (Lipinski definition) is 4. The average molecular weight is 296 g/mol. The van der Waals surface area contributed by atoms with Gasteiger partial charge in [-0.3, -0.25) is 0 Å². The van der Waals surface area contributed by atoms with Crippen LogP contribution in [0.15, 0.2) is 18.2 Å². The number of nitrogens with one attached hydrogen (secondary N) is 1. The van der Waals surface area contributed by atoms with Crippen molar-refractivity contribution in [3.8, 4) is 10.6 Å². The molecule has 0 saturated heterocycles. The number of aryl methyl sites for hydroxylation is 1. The Morgan fingerprint density at radius 2 is 2.11 bits per heavy atom. The fourth-order valence-electron chi connectivity index (χ4n) is 1.69. The number of nitrogens with zero attached hydrogens (tertiary/aromatic N) is 2. The summed E-state index contributed by atoms with van der Waals surface area (Å²) in [7, 11) is 0. The van der Waals surface area contributed by atoms with Crippen LogP contribution >= 0.6 is 22.9 Å². The largest absolute Gasteiger partial charge is 0.316 e. The van der Waals surface area contributed by atoms with E-state index in [0.717, 1.165) is 52.1 Å². The standard InChI is InChI=1S/C14H18ClN3S/c1-3-7-16-8-6-13-17-18-14(19-13)11-5-4-10(2)12(15)9-11/h4-5,9,16H,3,6-8H2,1-2H3. The molecule has 102 valence electrons. The third kappa shape index (κ3) is 4.00. The minimum Gasteiger partial charge on any atom is -0.316 e. The molecule has 5 heteroatoms. The Morgan fingerprint density at radius 1 is 1.26 bits per heavy atom. The van der Waals surface area contributed by atoms with E-state index in [4.69, 9.17) is 11.6 Å². The molecular weight excluding hydrogens is 278 g/mol. The molecule has 19 heavy (non-hydrogen) atoms. The normalized spacial score (nSPS) is 10.9. The quantitative estimate of drug-likeness (QED) is 0.826. The first-order chi connectivity index (χ1) is 9.20. The van der Waals surface area contributed by atoms with Crippen LogP contribution in [-0.4, -0.2) is 23.3 Å². The molecule has 2 aromatic rings. The number of aromatic nitrogens is 2. The summed E-state index contributed by atoms with van der Waals surface area (Å²) >= 11 is 7.77. The van der Waals surface area contributed by atoms with Gasteiger partial charge in [-0.2, -0.15) is 0 Å². The van der Waals surface area contributed by atoms with Crippen LogP contribution in [0.3, 0.4) is 0 Å². The average Bonchev–Trinajstić information content (AvgIpc) is 2.87. The second-order valence-electron chi connectivity index (χ2n) is 4.46. The number of hydrogen-bond donors (Lipinski definition) is 1. The van der Waals surface area contributed by atoms with Crippen LogP contribution in [0.25, 0.3) is 10.6 Å². The topological polar surface area (TPSA) is 37.8 Å². The monoisotopic (exact) mass is 295 g/mol. The van der Waals surface area contributed by atoms with Crippen molar-refractivity contribution in [2.24, 2.45) is 0 Å². The molecule has 1 heterocycles. The van der Waals surface area contributed by atoms with Crippen LogP contribution in [-0.2, 0) is 6.42 Å². The molecule has 1 aromatic carbocycles. The number of rotatable bonds is 6. The van der Waals surface area contributed by atoms with Crippen LogP contribution in [0.2, 0.25) is 5.02 Å². The first-order valence-corrected chi connectivity index (χ1v) is 7.69. The van der Waals surface area contributed by atoms with Crippen LogP contribution in [0.5, 0.6) is 0 Å². The second-order valence-corrected chi connectivity index (χ2v) is 5.93. The molecular formula is C14H18ClN3S. The molecule has 0 aliphatic carbocycles. The zero-order valence-corrected chi connectivity index (χ0v) is 12.8. The zero-order valence-electron chi connectivity index (χ0n) is 11.2. The van der Waals surface area contributed by atoms with Gasteiger partial charge >= 0.3 is 0 Å². The van der Waals surface area contributed by atoms with E-state index in [1.54, 1.807) is 11.3 Å². The fraction of sp³-hybridized carbons (Fsp3) is 0.429. The zero-order chi connectivity index (χ0) is 13.7. The second kappa shape index (κ2) is 6.98. The van der Waals surface area contributed by atoms with Gasteiger partial charge in [-0.25, -0.2) is 0 Å². The summed E-state index contributed by atoms with van der Waals surface area (Å²) < 4.78 is 0. The van der Waals surface area contributed by atoms with E-state index in [1.807, 2.05) is 25.1 Å². The Morgan fingerprint density at radius 3 is 2.84 bits per heavy atom. The van der Waals surface area contributed by atoms with E-state index in [0.29, 0.717) is 0 Å². The Hall–Kier alpha value is -0.970. The van der Waals surface area contributed by atoms with E-state index >= 15 is 0 Å². The summed E-state index contributed by atoms with van der Waals surface area (Å²) in [6.45, 7) is 6.17. The summed E-state index contributed by atoms with van der Waals surface area (Å²) in [6, 6.07) is 6.01. The van der Waals surface area contributed by atoms with Gasteiger partial charge in [-0.05, 0) is 31.5 Å². The highest BCUT2D eigenvalue weighted by molar-refractivity contribution is 7.14. The van der Waals surface area contributed by atoms with Crippen molar-refractivity contribution in [3.05, 3.63) is 33.8 Å². The molecule has 0 spiro atoms. The summed E-state index contributed by atoms with van der Waals surface area (Å²) in [6.07, 6.45) is 2.08. The molecule has 0 radical (unpaired) electrons. The third-order valence-corrected chi connectivity index (χ3v) is 4.27. The molecule has 1 aromatic heterocycles. The summed E-state index contributed by atoms with van der Waals surface area (Å²) in [5.74, 6) is 0. The molecule has 0 atom stereocenters. The van der Waals surface area contributed by atoms with Crippen molar-refractivity contribution in [3.63, 3.8) is 0 Å². The van der Waals surface area contributed by atoms with E-state index in [1.165, 1.54) is 0 Å². The van der Waals surface area contributed by atoms with Gasteiger partial charge in [0, 0.05) is 23.6 Å². The van der Waals surface area contributed by atoms with Crippen molar-refractivity contribution in [1.82, 2.24) is 15.5 Å². The van der Waals surface area contributed by atoms with Gasteiger partial charge in [-0.15, -0.1) is 10.2 Å². The van der Waals surface area contributed by atoms with Crippen molar-refractivity contribution < 1.29 is 0 Å². The summed E-state index contributed by atoms with van der Waals surface area (Å²) in [4.78, 5) is 0. The Kier molecular flexibility index (Phi) is 5.31. The van der Waals surface area contributed by atoms with Gasteiger partial charge < -0.3 is 5.32 Å². The van der Waals surface area contributed by atoms with Crippen LogP contribution in [0, 0.1) is 6.92 Å². The lowest BCUT2D eigenvalue weighted by atomic mass is 10.2. The van der Waals surface area contributed by atoms with E-state index < -0.39 is 0 Å². The van der Waals surface area contributed by atoms with Crippen molar-refractivity contribution >= 4 is 22.9 Å². The molecule has 0 saturated carbocycles. The molecule has 0 bridgehead atoms. The SMILES string of the molecule is CCCNCCc1nnc(-c2ccc(C)c(Cl)c2)s1. The maximum absolute atomic E-state index is 6.14. The van der Waals surface area contributed by atoms with Crippen molar-refractivity contribution in [1.29, 1.82) is 0 Å². The van der Waals surface area contributed by atoms with E-state index in [2.05, 4.69) is 22.4 Å². The Bertz CT molecular complexity index is 539. The van der Waals surface area contributed by atoms with Gasteiger partial charge in [0.1, 0.15) is 10.0 Å². The number of benzene rings is 1. The van der Waals surface area contributed by atoms with Gasteiger partial charge in [0.05, 0.1) is 0 Å². The third-order valence-electron chi connectivity index (χ3n) is 2.83. The molecule has 1 N–H and O–H groups in total. The van der Waals surface area contributed by atoms with Crippen molar-refractivity contribution in [2.75, 3.05) is 13.1 Å². The highest BCUT2D eigenvalue weighted by Crippen LogP contribution is 2.27. The smallest absolute Gasteiger partial charge is 0.147 e. The van der Waals surface area contributed by atoms with Gasteiger partial charge in [0.15, 0.2) is 0 Å². The lowest BCUT2D eigenvalue weighted by molar-refractivity contribution is 0.668. The van der Waals surface area contributed by atoms with Crippen LogP contribution < -0.4 is 5.32 Å². The lowest BCUT2D eigenvalue weighted by Gasteiger charge is -2.00. The first-order valence-electron chi connectivity index (χ1n) is 6.50. The molecule has 0 unspecified atom stereocenters. The van der Waals surface area contributed by atoms with Gasteiger partial charge in [0.25, 0.3) is 0 Å². The Balaban J connectivity index is 2.01. The highest BCUT2D eigenvalue weighted by atomic mass is 35.5. The summed E-state index contributed by atoms with van der Waals surface area (Å²) in [5.41, 5.74) is 2.12. The predicted octanol–water partition coefficient (Wildman–Crippen LogP) is 3.71. The molecule has 2 rings (SSSR count). The van der Waals surface area contributed by atoms with Gasteiger partial charge in [0.2, 0.25) is 0 Å². The fourth-order valence-corrected chi connectivity index (χ4v) is 2.71. The number of halogens is 1. The maximum atomic E-state index is 6.14. The minimum absolute atomic E-state index is 0.777. The molecule has 0 amide bonds. The van der Waals surface area contributed by atoms with Crippen LogP contribution in [0.4, 0.5) is 0 Å². The predicted molar refractivity (Wildman–Crippen MR) is 82.0 cm³/mol. The van der Waals surface area contributed by atoms with Gasteiger partial charge in [-0.1, -0.05) is 42.0 Å². The molecule has 3 nitrogen and oxygen atoms in total. The van der Waals surface area contributed by atoms with E-state index in [9.17, 15) is 0 Å². The highest BCUT2D eigenvalue weighted by Gasteiger charge is 2.07. The Labute approximate surface area is 123 Å². The molecule has 0 aliphatic rings. The lowest BCUT2D eigenvalue weighted by Crippen LogP contribution is -2.17. The van der Waals surface area contributed by atoms with Crippen LogP contribution in [0.1, 0.15) is 23.9 Å². The van der Waals surface area contributed by atoms with Crippen molar-refractivity contribution in [2.45, 2.75) is 26.7 Å². The minimum atomic E-state index is 0.777. The first kappa shape index (κ1) is 14.4.